The lowest BCUT2D eigenvalue weighted by Gasteiger charge is -2.16. The predicted molar refractivity (Wildman–Crippen MR) is 115 cm³/mol. The highest BCUT2D eigenvalue weighted by atomic mass is 16.5. The summed E-state index contributed by atoms with van der Waals surface area (Å²) in [5.41, 5.74) is 1.05. The molecular formula is C23H25N3O4. The largest absolute Gasteiger partial charge is 0.492 e. The van der Waals surface area contributed by atoms with Crippen LogP contribution >= 0.6 is 0 Å². The molecule has 0 saturated heterocycles. The van der Waals surface area contributed by atoms with Gasteiger partial charge in [0.15, 0.2) is 0 Å². The smallest absolute Gasteiger partial charge is 0.321 e. The van der Waals surface area contributed by atoms with E-state index in [1.165, 1.54) is 17.0 Å². The molecule has 1 unspecified atom stereocenters. The lowest BCUT2D eigenvalue weighted by molar-refractivity contribution is -0.122. The summed E-state index contributed by atoms with van der Waals surface area (Å²) >= 11 is 0. The van der Waals surface area contributed by atoms with Crippen molar-refractivity contribution < 1.29 is 9.53 Å². The Hall–Kier alpha value is -3.61. The van der Waals surface area contributed by atoms with Crippen LogP contribution < -0.4 is 21.2 Å². The SMILES string of the molecule is CCOc1ccccc1-n1ccn(CC(=O)NC(C)c2ccc(C)cc2)c(=O)c1=O. The van der Waals surface area contributed by atoms with Crippen molar-refractivity contribution in [2.45, 2.75) is 33.4 Å². The highest BCUT2D eigenvalue weighted by Gasteiger charge is 2.14. The molecule has 7 nitrogen and oxygen atoms in total. The molecular weight excluding hydrogens is 382 g/mol. The molecule has 0 saturated carbocycles. The number of carbonyl (C=O) groups is 1. The average Bonchev–Trinajstić information content (AvgIpc) is 2.73. The number of benzene rings is 2. The first-order chi connectivity index (χ1) is 14.4. The molecule has 3 rings (SSSR count). The van der Waals surface area contributed by atoms with Crippen LogP contribution in [0.25, 0.3) is 5.69 Å². The van der Waals surface area contributed by atoms with Crippen LogP contribution in [-0.2, 0) is 11.3 Å². The summed E-state index contributed by atoms with van der Waals surface area (Å²) in [6.45, 7) is 5.90. The summed E-state index contributed by atoms with van der Waals surface area (Å²) < 4.78 is 7.88. The predicted octanol–water partition coefficient (Wildman–Crippen LogP) is 2.58. The number of rotatable bonds is 7. The quantitative estimate of drug-likeness (QED) is 0.611. The van der Waals surface area contributed by atoms with E-state index in [-0.39, 0.29) is 18.5 Å². The maximum absolute atomic E-state index is 12.6. The number of hydrogen-bond acceptors (Lipinski definition) is 4. The minimum atomic E-state index is -0.776. The topological polar surface area (TPSA) is 82.3 Å². The molecule has 156 valence electrons. The number of para-hydroxylation sites is 2. The van der Waals surface area contributed by atoms with Gasteiger partial charge in [0, 0.05) is 12.4 Å². The van der Waals surface area contributed by atoms with Crippen LogP contribution in [0, 0.1) is 6.92 Å². The Kier molecular flexibility index (Phi) is 6.51. The first-order valence-corrected chi connectivity index (χ1v) is 9.81. The number of carbonyl (C=O) groups excluding carboxylic acids is 1. The average molecular weight is 407 g/mol. The lowest BCUT2D eigenvalue weighted by Crippen LogP contribution is -2.42. The summed E-state index contributed by atoms with van der Waals surface area (Å²) in [7, 11) is 0. The Balaban J connectivity index is 1.79. The number of hydrogen-bond donors (Lipinski definition) is 1. The van der Waals surface area contributed by atoms with E-state index in [9.17, 15) is 14.4 Å². The monoisotopic (exact) mass is 407 g/mol. The van der Waals surface area contributed by atoms with Gasteiger partial charge in [-0.15, -0.1) is 0 Å². The fraction of sp³-hybridized carbons (Fsp3) is 0.261. The first-order valence-electron chi connectivity index (χ1n) is 9.81. The summed E-state index contributed by atoms with van der Waals surface area (Å²) in [5.74, 6) is 0.154. The minimum absolute atomic E-state index is 0.216. The van der Waals surface area contributed by atoms with Crippen molar-refractivity contribution in [2.75, 3.05) is 6.61 Å². The molecule has 1 N–H and O–H groups in total. The molecule has 30 heavy (non-hydrogen) atoms. The number of nitrogens with one attached hydrogen (secondary N) is 1. The fourth-order valence-corrected chi connectivity index (χ4v) is 3.14. The Labute approximate surface area is 174 Å². The van der Waals surface area contributed by atoms with Gasteiger partial charge in [0.25, 0.3) is 0 Å². The third-order valence-corrected chi connectivity index (χ3v) is 4.75. The maximum atomic E-state index is 12.6. The molecule has 1 atom stereocenters. The molecule has 0 aliphatic heterocycles. The molecule has 0 radical (unpaired) electrons. The van der Waals surface area contributed by atoms with E-state index in [4.69, 9.17) is 4.74 Å². The van der Waals surface area contributed by atoms with Gasteiger partial charge in [0.1, 0.15) is 12.3 Å². The van der Waals surface area contributed by atoms with E-state index < -0.39 is 11.1 Å². The van der Waals surface area contributed by atoms with Gasteiger partial charge in [0.2, 0.25) is 5.91 Å². The Morgan fingerprint density at radius 1 is 1.03 bits per heavy atom. The normalized spacial score (nSPS) is 11.7. The lowest BCUT2D eigenvalue weighted by atomic mass is 10.1. The van der Waals surface area contributed by atoms with Gasteiger partial charge < -0.3 is 10.1 Å². The van der Waals surface area contributed by atoms with Crippen molar-refractivity contribution in [3.63, 3.8) is 0 Å². The van der Waals surface area contributed by atoms with Gasteiger partial charge in [0.05, 0.1) is 18.3 Å². The van der Waals surface area contributed by atoms with Crippen LogP contribution in [0.3, 0.4) is 0 Å². The molecule has 2 aromatic carbocycles. The minimum Gasteiger partial charge on any atom is -0.492 e. The summed E-state index contributed by atoms with van der Waals surface area (Å²) in [6, 6.07) is 14.6. The molecule has 1 amide bonds. The molecule has 0 aliphatic carbocycles. The van der Waals surface area contributed by atoms with Crippen LogP contribution in [0.5, 0.6) is 5.75 Å². The third kappa shape index (κ3) is 4.68. The van der Waals surface area contributed by atoms with Crippen molar-refractivity contribution in [3.05, 3.63) is 92.8 Å². The number of nitrogens with zero attached hydrogens (tertiary/aromatic N) is 2. The third-order valence-electron chi connectivity index (χ3n) is 4.75. The zero-order valence-corrected chi connectivity index (χ0v) is 17.3. The van der Waals surface area contributed by atoms with E-state index in [1.807, 2.05) is 45.0 Å². The van der Waals surface area contributed by atoms with E-state index in [2.05, 4.69) is 5.32 Å². The highest BCUT2D eigenvalue weighted by Crippen LogP contribution is 2.20. The van der Waals surface area contributed by atoms with Crippen LogP contribution in [-0.4, -0.2) is 21.6 Å². The summed E-state index contributed by atoms with van der Waals surface area (Å²) in [6.07, 6.45) is 2.90. The molecule has 0 aliphatic rings. The molecule has 1 heterocycles. The number of ether oxygens (including phenoxy) is 1. The van der Waals surface area contributed by atoms with Crippen molar-refractivity contribution >= 4 is 5.91 Å². The second kappa shape index (κ2) is 9.26. The van der Waals surface area contributed by atoms with Gasteiger partial charge in [-0.1, -0.05) is 42.0 Å². The van der Waals surface area contributed by atoms with Gasteiger partial charge >= 0.3 is 11.1 Å². The van der Waals surface area contributed by atoms with Crippen molar-refractivity contribution in [3.8, 4) is 11.4 Å². The summed E-state index contributed by atoms with van der Waals surface area (Å²) in [4.78, 5) is 37.6. The standard InChI is InChI=1S/C23H25N3O4/c1-4-30-20-8-6-5-7-19(20)26-14-13-25(22(28)23(26)29)15-21(27)24-17(3)18-11-9-16(2)10-12-18/h5-14,17H,4,15H2,1-3H3,(H,24,27). The Morgan fingerprint density at radius 2 is 1.73 bits per heavy atom. The highest BCUT2D eigenvalue weighted by molar-refractivity contribution is 5.76. The van der Waals surface area contributed by atoms with E-state index in [1.54, 1.807) is 24.3 Å². The Bertz CT molecular complexity index is 1150. The van der Waals surface area contributed by atoms with Crippen LogP contribution in [0.2, 0.25) is 0 Å². The zero-order chi connectivity index (χ0) is 21.7. The van der Waals surface area contributed by atoms with E-state index in [0.29, 0.717) is 18.0 Å². The van der Waals surface area contributed by atoms with Crippen molar-refractivity contribution in [1.29, 1.82) is 0 Å². The second-order valence-corrected chi connectivity index (χ2v) is 7.01. The molecule has 1 aromatic heterocycles. The number of amides is 1. The van der Waals surface area contributed by atoms with Gasteiger partial charge in [-0.3, -0.25) is 23.5 Å². The second-order valence-electron chi connectivity index (χ2n) is 7.01. The maximum Gasteiger partial charge on any atom is 0.321 e. The molecule has 0 bridgehead atoms. The fourth-order valence-electron chi connectivity index (χ4n) is 3.14. The molecule has 0 spiro atoms. The van der Waals surface area contributed by atoms with Gasteiger partial charge in [-0.05, 0) is 38.5 Å². The molecule has 3 aromatic rings. The van der Waals surface area contributed by atoms with E-state index in [0.717, 1.165) is 15.7 Å². The summed E-state index contributed by atoms with van der Waals surface area (Å²) in [5, 5.41) is 2.86. The Morgan fingerprint density at radius 3 is 2.43 bits per heavy atom. The van der Waals surface area contributed by atoms with Crippen LogP contribution in [0.15, 0.2) is 70.5 Å². The number of aromatic nitrogens is 2. The zero-order valence-electron chi connectivity index (χ0n) is 17.3. The molecule has 0 fully saturated rings. The molecule has 7 heteroatoms. The number of aryl methyl sites for hydroxylation is 1. The van der Waals surface area contributed by atoms with E-state index >= 15 is 0 Å². The van der Waals surface area contributed by atoms with Crippen molar-refractivity contribution in [1.82, 2.24) is 14.5 Å². The van der Waals surface area contributed by atoms with Crippen molar-refractivity contribution in [2.24, 2.45) is 0 Å². The van der Waals surface area contributed by atoms with Gasteiger partial charge in [-0.25, -0.2) is 0 Å². The van der Waals surface area contributed by atoms with Crippen LogP contribution in [0.4, 0.5) is 0 Å². The van der Waals surface area contributed by atoms with Gasteiger partial charge in [-0.2, -0.15) is 0 Å². The first kappa shape index (κ1) is 21.1. The van der Waals surface area contributed by atoms with Crippen LogP contribution in [0.1, 0.15) is 31.0 Å².